The van der Waals surface area contributed by atoms with Crippen molar-refractivity contribution in [3.63, 3.8) is 0 Å². The third-order valence-corrected chi connectivity index (χ3v) is 4.45. The second-order valence-corrected chi connectivity index (χ2v) is 6.19. The van der Waals surface area contributed by atoms with Crippen molar-refractivity contribution in [1.29, 1.82) is 0 Å². The lowest BCUT2D eigenvalue weighted by Crippen LogP contribution is -1.73. The van der Waals surface area contributed by atoms with Gasteiger partial charge in [0.15, 0.2) is 0 Å². The molecule has 0 aliphatic heterocycles. The lowest BCUT2D eigenvalue weighted by Gasteiger charge is -1.93. The van der Waals surface area contributed by atoms with Crippen molar-refractivity contribution < 1.29 is 5.11 Å². The summed E-state index contributed by atoms with van der Waals surface area (Å²) in [5.41, 5.74) is 0.852. The summed E-state index contributed by atoms with van der Waals surface area (Å²) >= 11 is 3.70. The second kappa shape index (κ2) is 6.61. The average molecular weight is 277 g/mol. The first-order valence-electron chi connectivity index (χ1n) is 5.77. The molecule has 0 aliphatic carbocycles. The number of phenols is 1. The molecule has 94 valence electrons. The quantitative estimate of drug-likeness (QED) is 0.818. The summed E-state index contributed by atoms with van der Waals surface area (Å²) in [6.45, 7) is 2.17. The predicted molar refractivity (Wildman–Crippen MR) is 81.5 cm³/mol. The zero-order valence-electron chi connectivity index (χ0n) is 10.2. The molecule has 1 aromatic carbocycles. The van der Waals surface area contributed by atoms with Gasteiger partial charge in [0.2, 0.25) is 0 Å². The molecule has 0 radical (unpaired) electrons. The van der Waals surface area contributed by atoms with Crippen LogP contribution >= 0.6 is 23.1 Å². The first-order valence-corrected chi connectivity index (χ1v) is 7.74. The molecule has 0 aliphatic rings. The van der Waals surface area contributed by atoms with Gasteiger partial charge in [-0.15, -0.1) is 11.3 Å². The molecule has 0 bridgehead atoms. The number of rotatable bonds is 5. The van der Waals surface area contributed by atoms with Crippen LogP contribution in [-0.4, -0.2) is 17.1 Å². The van der Waals surface area contributed by atoms with E-state index < -0.39 is 0 Å². The van der Waals surface area contributed by atoms with Gasteiger partial charge in [-0.1, -0.05) is 6.92 Å². The highest BCUT2D eigenvalue weighted by Crippen LogP contribution is 2.21. The molecular weight excluding hydrogens is 262 g/mol. The van der Waals surface area contributed by atoms with E-state index in [0.717, 1.165) is 22.1 Å². The predicted octanol–water partition coefficient (Wildman–Crippen LogP) is 4.46. The molecule has 0 saturated carbocycles. The summed E-state index contributed by atoms with van der Waals surface area (Å²) < 4.78 is 0. The molecule has 0 saturated heterocycles. The van der Waals surface area contributed by atoms with Crippen LogP contribution in [-0.2, 0) is 5.75 Å². The fourth-order valence-corrected chi connectivity index (χ4v) is 3.09. The SMILES string of the molecule is CCSCc1ccc(C=Nc2ccc(O)cc2)s1. The van der Waals surface area contributed by atoms with Gasteiger partial charge in [-0.3, -0.25) is 4.99 Å². The van der Waals surface area contributed by atoms with Crippen LogP contribution in [0.1, 0.15) is 16.7 Å². The van der Waals surface area contributed by atoms with E-state index in [1.165, 1.54) is 4.88 Å². The first kappa shape index (κ1) is 13.2. The molecule has 2 aromatic rings. The monoisotopic (exact) mass is 277 g/mol. The Morgan fingerprint density at radius 2 is 2.00 bits per heavy atom. The summed E-state index contributed by atoms with van der Waals surface area (Å²) in [5.74, 6) is 2.49. The lowest BCUT2D eigenvalue weighted by molar-refractivity contribution is 0.475. The fourth-order valence-electron chi connectivity index (χ4n) is 1.42. The van der Waals surface area contributed by atoms with Crippen molar-refractivity contribution in [2.24, 2.45) is 4.99 Å². The minimum absolute atomic E-state index is 0.268. The van der Waals surface area contributed by atoms with E-state index in [-0.39, 0.29) is 5.75 Å². The summed E-state index contributed by atoms with van der Waals surface area (Å²) in [4.78, 5) is 6.92. The van der Waals surface area contributed by atoms with Gasteiger partial charge in [-0.2, -0.15) is 11.8 Å². The van der Waals surface area contributed by atoms with Gasteiger partial charge in [0.1, 0.15) is 5.75 Å². The van der Waals surface area contributed by atoms with E-state index in [1.54, 1.807) is 35.6 Å². The van der Waals surface area contributed by atoms with Crippen LogP contribution in [0.4, 0.5) is 5.69 Å². The van der Waals surface area contributed by atoms with Crippen LogP contribution in [0.25, 0.3) is 0 Å². The van der Waals surface area contributed by atoms with Crippen molar-refractivity contribution in [2.45, 2.75) is 12.7 Å². The standard InChI is InChI=1S/C14H15NOS2/c1-2-17-10-14-8-7-13(18-14)9-15-11-3-5-12(16)6-4-11/h3-9,16H,2,10H2,1H3. The van der Waals surface area contributed by atoms with E-state index in [9.17, 15) is 5.11 Å². The van der Waals surface area contributed by atoms with Gasteiger partial charge in [0, 0.05) is 21.7 Å². The Kier molecular flexibility index (Phi) is 4.84. The lowest BCUT2D eigenvalue weighted by atomic mass is 10.3. The van der Waals surface area contributed by atoms with Crippen molar-refractivity contribution in [3.8, 4) is 5.75 Å². The zero-order chi connectivity index (χ0) is 12.8. The number of thiophene rings is 1. The maximum absolute atomic E-state index is 9.18. The minimum Gasteiger partial charge on any atom is -0.508 e. The maximum Gasteiger partial charge on any atom is 0.115 e. The van der Waals surface area contributed by atoms with E-state index in [4.69, 9.17) is 0 Å². The smallest absolute Gasteiger partial charge is 0.115 e. The molecule has 18 heavy (non-hydrogen) atoms. The Hall–Kier alpha value is -1.26. The fraction of sp³-hybridized carbons (Fsp3) is 0.214. The Bertz CT molecular complexity index is 517. The van der Waals surface area contributed by atoms with Crippen molar-refractivity contribution >= 4 is 35.0 Å². The summed E-state index contributed by atoms with van der Waals surface area (Å²) in [6.07, 6.45) is 1.87. The Morgan fingerprint density at radius 1 is 1.22 bits per heavy atom. The van der Waals surface area contributed by atoms with Gasteiger partial charge in [-0.25, -0.2) is 0 Å². The Morgan fingerprint density at radius 3 is 2.72 bits per heavy atom. The van der Waals surface area contributed by atoms with Crippen molar-refractivity contribution in [2.75, 3.05) is 5.75 Å². The van der Waals surface area contributed by atoms with Gasteiger partial charge in [-0.05, 0) is 42.2 Å². The molecule has 1 N–H and O–H groups in total. The van der Waals surface area contributed by atoms with E-state index in [1.807, 2.05) is 18.0 Å². The third-order valence-electron chi connectivity index (χ3n) is 2.32. The van der Waals surface area contributed by atoms with E-state index in [2.05, 4.69) is 24.0 Å². The number of aromatic hydroxyl groups is 1. The van der Waals surface area contributed by atoms with Crippen LogP contribution in [0.15, 0.2) is 41.4 Å². The number of benzene rings is 1. The molecule has 1 aromatic heterocycles. The summed E-state index contributed by atoms with van der Waals surface area (Å²) in [7, 11) is 0. The minimum atomic E-state index is 0.268. The first-order chi connectivity index (χ1) is 8.78. The van der Waals surface area contributed by atoms with Crippen LogP contribution in [0, 0.1) is 0 Å². The van der Waals surface area contributed by atoms with Gasteiger partial charge in [0.25, 0.3) is 0 Å². The molecule has 0 spiro atoms. The Labute approximate surface area is 115 Å². The highest BCUT2D eigenvalue weighted by Gasteiger charge is 1.98. The van der Waals surface area contributed by atoms with Gasteiger partial charge >= 0.3 is 0 Å². The second-order valence-electron chi connectivity index (χ2n) is 3.72. The molecule has 0 atom stereocenters. The molecule has 4 heteroatoms. The van der Waals surface area contributed by atoms with Crippen LogP contribution in [0.5, 0.6) is 5.75 Å². The molecule has 1 heterocycles. The zero-order valence-corrected chi connectivity index (χ0v) is 11.8. The largest absolute Gasteiger partial charge is 0.508 e. The average Bonchev–Trinajstić information content (AvgIpc) is 2.84. The van der Waals surface area contributed by atoms with Crippen molar-refractivity contribution in [1.82, 2.24) is 0 Å². The van der Waals surface area contributed by atoms with Crippen molar-refractivity contribution in [3.05, 3.63) is 46.2 Å². The molecule has 0 fully saturated rings. The Balaban J connectivity index is 2.00. The number of thioether (sulfide) groups is 1. The molecule has 2 nitrogen and oxygen atoms in total. The normalized spacial score (nSPS) is 11.2. The number of nitrogens with zero attached hydrogens (tertiary/aromatic N) is 1. The molecule has 0 amide bonds. The summed E-state index contributed by atoms with van der Waals surface area (Å²) in [5, 5.41) is 9.18. The molecule has 2 rings (SSSR count). The van der Waals surface area contributed by atoms with E-state index in [0.29, 0.717) is 0 Å². The third kappa shape index (κ3) is 3.89. The van der Waals surface area contributed by atoms with Crippen LogP contribution in [0.3, 0.4) is 0 Å². The summed E-state index contributed by atoms with van der Waals surface area (Å²) in [6, 6.07) is 11.1. The van der Waals surface area contributed by atoms with Gasteiger partial charge < -0.3 is 5.11 Å². The maximum atomic E-state index is 9.18. The molecular formula is C14H15NOS2. The topological polar surface area (TPSA) is 32.6 Å². The molecule has 0 unspecified atom stereocenters. The van der Waals surface area contributed by atoms with Crippen LogP contribution < -0.4 is 0 Å². The number of hydrogen-bond acceptors (Lipinski definition) is 4. The highest BCUT2D eigenvalue weighted by molar-refractivity contribution is 7.98. The number of aliphatic imine (C=N–C) groups is 1. The van der Waals surface area contributed by atoms with Gasteiger partial charge in [0.05, 0.1) is 5.69 Å². The van der Waals surface area contributed by atoms with Crippen LogP contribution in [0.2, 0.25) is 0 Å². The number of hydrogen-bond donors (Lipinski definition) is 1. The van der Waals surface area contributed by atoms with E-state index >= 15 is 0 Å². The highest BCUT2D eigenvalue weighted by atomic mass is 32.2. The number of phenolic OH excluding ortho intramolecular Hbond substituents is 1.